The van der Waals surface area contributed by atoms with Crippen molar-refractivity contribution in [1.82, 2.24) is 20.3 Å². The largest absolute Gasteiger partial charge is 0.341 e. The summed E-state index contributed by atoms with van der Waals surface area (Å²) in [5.74, 6) is 0.324. The van der Waals surface area contributed by atoms with E-state index >= 15 is 0 Å². The fourth-order valence-electron chi connectivity index (χ4n) is 2.05. The maximum absolute atomic E-state index is 12.2. The number of nitrogens with one attached hydrogen (secondary N) is 1. The van der Waals surface area contributed by atoms with Crippen LogP contribution >= 0.6 is 11.3 Å². The molecule has 3 rings (SSSR count). The first kappa shape index (κ1) is 13.2. The first-order chi connectivity index (χ1) is 9.63. The average molecular weight is 288 g/mol. The highest BCUT2D eigenvalue weighted by molar-refractivity contribution is 7.09. The summed E-state index contributed by atoms with van der Waals surface area (Å²) in [6.07, 6.45) is 5.41. The van der Waals surface area contributed by atoms with E-state index in [9.17, 15) is 4.79 Å². The van der Waals surface area contributed by atoms with Crippen LogP contribution in [0.1, 0.15) is 45.8 Å². The highest BCUT2D eigenvalue weighted by Crippen LogP contribution is 2.41. The number of rotatable bonds is 4. The van der Waals surface area contributed by atoms with Crippen molar-refractivity contribution in [2.24, 2.45) is 5.92 Å². The molecule has 0 aliphatic heterocycles. The van der Waals surface area contributed by atoms with E-state index in [1.54, 1.807) is 17.5 Å². The maximum Gasteiger partial charge on any atom is 0.272 e. The summed E-state index contributed by atoms with van der Waals surface area (Å²) in [7, 11) is 0. The number of aryl methyl sites for hydroxylation is 2. The molecule has 2 aromatic rings. The van der Waals surface area contributed by atoms with Gasteiger partial charge in [-0.15, -0.1) is 11.3 Å². The van der Waals surface area contributed by atoms with Gasteiger partial charge in [-0.2, -0.15) is 0 Å². The third-order valence-electron chi connectivity index (χ3n) is 3.30. The maximum atomic E-state index is 12.2. The van der Waals surface area contributed by atoms with Crippen LogP contribution in [0.5, 0.6) is 0 Å². The number of carbonyl (C=O) groups is 1. The lowest BCUT2D eigenvalue weighted by Gasteiger charge is -2.15. The number of aromatic nitrogens is 3. The van der Waals surface area contributed by atoms with E-state index < -0.39 is 0 Å². The lowest BCUT2D eigenvalue weighted by Crippen LogP contribution is -2.30. The highest BCUT2D eigenvalue weighted by atomic mass is 32.1. The molecular formula is C14H16N4OS. The van der Waals surface area contributed by atoms with E-state index in [1.165, 1.54) is 6.20 Å². The number of hydrogen-bond acceptors (Lipinski definition) is 5. The Morgan fingerprint density at radius 3 is 2.65 bits per heavy atom. The van der Waals surface area contributed by atoms with Crippen LogP contribution in [-0.4, -0.2) is 20.9 Å². The van der Waals surface area contributed by atoms with Crippen molar-refractivity contribution >= 4 is 17.2 Å². The monoisotopic (exact) mass is 288 g/mol. The van der Waals surface area contributed by atoms with Gasteiger partial charge in [0.15, 0.2) is 0 Å². The molecule has 5 nitrogen and oxygen atoms in total. The van der Waals surface area contributed by atoms with Gasteiger partial charge in [0, 0.05) is 17.3 Å². The SMILES string of the molecule is Cc1cnc(C(=O)NC(c2nc(C)cs2)C2CC2)cn1. The van der Waals surface area contributed by atoms with Crippen LogP contribution in [-0.2, 0) is 0 Å². The second-order valence-corrected chi connectivity index (χ2v) is 6.05. The number of hydrogen-bond donors (Lipinski definition) is 1. The van der Waals surface area contributed by atoms with Crippen LogP contribution in [0.4, 0.5) is 0 Å². The van der Waals surface area contributed by atoms with Gasteiger partial charge in [-0.3, -0.25) is 9.78 Å². The van der Waals surface area contributed by atoms with E-state index in [0.717, 1.165) is 29.2 Å². The lowest BCUT2D eigenvalue weighted by molar-refractivity contribution is 0.0926. The molecule has 1 aliphatic carbocycles. The summed E-state index contributed by atoms with van der Waals surface area (Å²) >= 11 is 1.60. The molecule has 20 heavy (non-hydrogen) atoms. The zero-order valence-corrected chi connectivity index (χ0v) is 12.3. The standard InChI is InChI=1S/C14H16N4OS/c1-8-5-16-11(6-15-8)13(19)18-12(10-3-4-10)14-17-9(2)7-20-14/h5-7,10,12H,3-4H2,1-2H3,(H,18,19). The molecule has 6 heteroatoms. The van der Waals surface area contributed by atoms with Gasteiger partial charge < -0.3 is 5.32 Å². The van der Waals surface area contributed by atoms with Crippen LogP contribution in [0.2, 0.25) is 0 Å². The van der Waals surface area contributed by atoms with Crippen molar-refractivity contribution in [3.63, 3.8) is 0 Å². The molecule has 1 atom stereocenters. The zero-order valence-electron chi connectivity index (χ0n) is 11.5. The van der Waals surface area contributed by atoms with Gasteiger partial charge in [-0.05, 0) is 32.6 Å². The Kier molecular flexibility index (Phi) is 3.48. The normalized spacial score (nSPS) is 15.9. The number of amides is 1. The quantitative estimate of drug-likeness (QED) is 0.938. The van der Waals surface area contributed by atoms with Gasteiger partial charge in [0.1, 0.15) is 10.7 Å². The molecule has 0 radical (unpaired) electrons. The fraction of sp³-hybridized carbons (Fsp3) is 0.429. The molecule has 104 valence electrons. The van der Waals surface area contributed by atoms with Gasteiger partial charge in [0.25, 0.3) is 5.91 Å². The predicted molar refractivity (Wildman–Crippen MR) is 76.6 cm³/mol. The highest BCUT2D eigenvalue weighted by Gasteiger charge is 2.35. The van der Waals surface area contributed by atoms with E-state index in [-0.39, 0.29) is 11.9 Å². The molecule has 0 bridgehead atoms. The van der Waals surface area contributed by atoms with Crippen molar-refractivity contribution in [2.45, 2.75) is 32.7 Å². The fourth-order valence-corrected chi connectivity index (χ4v) is 2.99. The van der Waals surface area contributed by atoms with Crippen LogP contribution in [0.15, 0.2) is 17.8 Å². The third kappa shape index (κ3) is 2.85. The minimum absolute atomic E-state index is 0.00398. The van der Waals surface area contributed by atoms with Crippen molar-refractivity contribution in [3.8, 4) is 0 Å². The van der Waals surface area contributed by atoms with Crippen molar-refractivity contribution in [2.75, 3.05) is 0 Å². The summed E-state index contributed by atoms with van der Waals surface area (Å²) < 4.78 is 0. The summed E-state index contributed by atoms with van der Waals surface area (Å²) in [5.41, 5.74) is 2.16. The van der Waals surface area contributed by atoms with Crippen LogP contribution < -0.4 is 5.32 Å². The Hall–Kier alpha value is -1.82. The Bertz CT molecular complexity index is 618. The summed E-state index contributed by atoms with van der Waals surface area (Å²) in [6.45, 7) is 3.82. The molecular weight excluding hydrogens is 272 g/mol. The second-order valence-electron chi connectivity index (χ2n) is 5.16. The van der Waals surface area contributed by atoms with E-state index in [0.29, 0.717) is 11.6 Å². The van der Waals surface area contributed by atoms with Crippen LogP contribution in [0.25, 0.3) is 0 Å². The molecule has 1 unspecified atom stereocenters. The van der Waals surface area contributed by atoms with Crippen LogP contribution in [0, 0.1) is 19.8 Å². The van der Waals surface area contributed by atoms with E-state index in [2.05, 4.69) is 20.3 Å². The average Bonchev–Trinajstić information content (AvgIpc) is 3.18. The topological polar surface area (TPSA) is 67.8 Å². The van der Waals surface area contributed by atoms with Crippen LogP contribution in [0.3, 0.4) is 0 Å². The number of thiazole rings is 1. The van der Waals surface area contributed by atoms with Gasteiger partial charge >= 0.3 is 0 Å². The molecule has 0 saturated heterocycles. The Labute approximate surface area is 121 Å². The summed E-state index contributed by atoms with van der Waals surface area (Å²) in [4.78, 5) is 25.0. The molecule has 0 spiro atoms. The molecule has 1 N–H and O–H groups in total. The Balaban J connectivity index is 1.76. The van der Waals surface area contributed by atoms with Gasteiger partial charge in [-0.1, -0.05) is 0 Å². The second kappa shape index (κ2) is 5.28. The van der Waals surface area contributed by atoms with Gasteiger partial charge in [0.05, 0.1) is 17.9 Å². The number of nitrogens with zero attached hydrogens (tertiary/aromatic N) is 3. The first-order valence-corrected chi connectivity index (χ1v) is 7.53. The minimum atomic E-state index is -0.178. The lowest BCUT2D eigenvalue weighted by atomic mass is 10.2. The Morgan fingerprint density at radius 1 is 1.30 bits per heavy atom. The predicted octanol–water partition coefficient (Wildman–Crippen LogP) is 2.43. The molecule has 1 amide bonds. The van der Waals surface area contributed by atoms with Crippen molar-refractivity contribution in [3.05, 3.63) is 39.9 Å². The smallest absolute Gasteiger partial charge is 0.272 e. The van der Waals surface area contributed by atoms with Gasteiger partial charge in [-0.25, -0.2) is 9.97 Å². The first-order valence-electron chi connectivity index (χ1n) is 6.65. The van der Waals surface area contributed by atoms with Gasteiger partial charge in [0.2, 0.25) is 0 Å². The summed E-state index contributed by atoms with van der Waals surface area (Å²) in [5, 5.41) is 6.05. The molecule has 2 heterocycles. The summed E-state index contributed by atoms with van der Waals surface area (Å²) in [6, 6.07) is 0.00398. The molecule has 0 aromatic carbocycles. The zero-order chi connectivity index (χ0) is 14.1. The van der Waals surface area contributed by atoms with E-state index in [1.807, 2.05) is 19.2 Å². The molecule has 1 fully saturated rings. The van der Waals surface area contributed by atoms with Crippen molar-refractivity contribution in [1.29, 1.82) is 0 Å². The Morgan fingerprint density at radius 2 is 2.10 bits per heavy atom. The number of carbonyl (C=O) groups excluding carboxylic acids is 1. The molecule has 2 aromatic heterocycles. The van der Waals surface area contributed by atoms with Crippen molar-refractivity contribution < 1.29 is 4.79 Å². The molecule has 1 saturated carbocycles. The third-order valence-corrected chi connectivity index (χ3v) is 4.34. The van der Waals surface area contributed by atoms with E-state index in [4.69, 9.17) is 0 Å². The minimum Gasteiger partial charge on any atom is -0.341 e. The molecule has 1 aliphatic rings.